The van der Waals surface area contributed by atoms with Crippen molar-refractivity contribution in [1.29, 1.82) is 0 Å². The molecule has 0 radical (unpaired) electrons. The summed E-state index contributed by atoms with van der Waals surface area (Å²) in [7, 11) is 0. The molecule has 1 heterocycles. The Morgan fingerprint density at radius 2 is 1.38 bits per heavy atom. The second kappa shape index (κ2) is 8.29. The van der Waals surface area contributed by atoms with E-state index in [9.17, 15) is 39.9 Å². The molecule has 1 aliphatic rings. The van der Waals surface area contributed by atoms with Crippen molar-refractivity contribution < 1.29 is 64.3 Å². The first kappa shape index (κ1) is 20.2. The topological polar surface area (TPSA) is 221 Å². The predicted molar refractivity (Wildman–Crippen MR) is 66.0 cm³/mol. The highest BCUT2D eigenvalue weighted by atomic mass is 16.8. The van der Waals surface area contributed by atoms with E-state index in [0.29, 0.717) is 0 Å². The monoisotopic (exact) mass is 356 g/mol. The smallest absolute Gasteiger partial charge is 0.335 e. The van der Waals surface area contributed by atoms with Gasteiger partial charge >= 0.3 is 11.9 Å². The molecule has 1 saturated heterocycles. The van der Waals surface area contributed by atoms with Gasteiger partial charge in [-0.15, -0.1) is 0 Å². The van der Waals surface area contributed by atoms with E-state index >= 15 is 0 Å². The van der Waals surface area contributed by atoms with Gasteiger partial charge in [0.15, 0.2) is 18.5 Å². The van der Waals surface area contributed by atoms with Crippen molar-refractivity contribution in [1.82, 2.24) is 0 Å². The second-order valence-corrected chi connectivity index (χ2v) is 4.74. The maximum atomic E-state index is 10.8. The largest absolute Gasteiger partial charge is 0.479 e. The molecule has 13 heteroatoms. The lowest BCUT2D eigenvalue weighted by atomic mass is 10.0. The highest BCUT2D eigenvalue weighted by Gasteiger charge is 2.49. The van der Waals surface area contributed by atoms with E-state index in [-0.39, 0.29) is 6.47 Å². The number of hydrogen-bond acceptors (Lipinski definition) is 11. The van der Waals surface area contributed by atoms with Crippen LogP contribution in [0.25, 0.3) is 0 Å². The Hall–Kier alpha value is -1.87. The third-order valence-corrected chi connectivity index (χ3v) is 3.14. The number of aliphatic hydroxyl groups is 5. The van der Waals surface area contributed by atoms with E-state index in [1.807, 2.05) is 0 Å². The normalized spacial score (nSPS) is 34.0. The average Bonchev–Trinajstić information content (AvgIpc) is 2.52. The molecule has 1 fully saturated rings. The third kappa shape index (κ3) is 4.35. The first-order valence-corrected chi connectivity index (χ1v) is 6.37. The lowest BCUT2D eigenvalue weighted by Gasteiger charge is -2.40. The number of carboxylic acid groups (broad SMARTS) is 2. The number of hydrogen-bond donors (Lipinski definition) is 7. The van der Waals surface area contributed by atoms with Gasteiger partial charge < -0.3 is 50.0 Å². The second-order valence-electron chi connectivity index (χ2n) is 4.74. The van der Waals surface area contributed by atoms with Gasteiger partial charge in [0.25, 0.3) is 6.47 Å². The summed E-state index contributed by atoms with van der Waals surface area (Å²) in [4.78, 5) is 31.8. The Labute approximate surface area is 133 Å². The van der Waals surface area contributed by atoms with Crippen LogP contribution in [0, 0.1) is 0 Å². The van der Waals surface area contributed by atoms with Crippen LogP contribution in [-0.4, -0.2) is 103 Å². The zero-order valence-corrected chi connectivity index (χ0v) is 11.8. The van der Waals surface area contributed by atoms with E-state index in [0.717, 1.165) is 0 Å². The average molecular weight is 356 g/mol. The lowest BCUT2D eigenvalue weighted by Crippen LogP contribution is -2.61. The number of ether oxygens (including phenoxy) is 3. The minimum Gasteiger partial charge on any atom is -0.479 e. The Morgan fingerprint density at radius 3 is 1.79 bits per heavy atom. The van der Waals surface area contributed by atoms with E-state index in [1.54, 1.807) is 0 Å². The van der Waals surface area contributed by atoms with Gasteiger partial charge in [0.2, 0.25) is 6.29 Å². The molecule has 0 aromatic rings. The molecule has 138 valence electrons. The van der Waals surface area contributed by atoms with E-state index in [1.165, 1.54) is 0 Å². The lowest BCUT2D eigenvalue weighted by molar-refractivity contribution is -0.354. The fourth-order valence-corrected chi connectivity index (χ4v) is 1.85. The summed E-state index contributed by atoms with van der Waals surface area (Å²) in [5.74, 6) is -3.90. The molecule has 13 nitrogen and oxygen atoms in total. The van der Waals surface area contributed by atoms with Gasteiger partial charge in [0.1, 0.15) is 24.4 Å². The van der Waals surface area contributed by atoms with Crippen molar-refractivity contribution in [3.8, 4) is 0 Å². The van der Waals surface area contributed by atoms with Crippen molar-refractivity contribution in [2.75, 3.05) is 0 Å². The van der Waals surface area contributed by atoms with Gasteiger partial charge in [-0.3, -0.25) is 4.79 Å². The first-order chi connectivity index (χ1) is 11.1. The van der Waals surface area contributed by atoms with Crippen molar-refractivity contribution in [3.63, 3.8) is 0 Å². The molecule has 0 aliphatic carbocycles. The van der Waals surface area contributed by atoms with Crippen LogP contribution in [0.4, 0.5) is 0 Å². The molecule has 7 unspecified atom stereocenters. The zero-order chi connectivity index (χ0) is 18.6. The summed E-state index contributed by atoms with van der Waals surface area (Å²) in [5, 5.41) is 65.1. The zero-order valence-electron chi connectivity index (χ0n) is 11.8. The van der Waals surface area contributed by atoms with Crippen LogP contribution in [0.1, 0.15) is 0 Å². The van der Waals surface area contributed by atoms with Crippen molar-refractivity contribution in [3.05, 3.63) is 0 Å². The molecule has 7 N–H and O–H groups in total. The fourth-order valence-electron chi connectivity index (χ4n) is 1.85. The third-order valence-electron chi connectivity index (χ3n) is 3.14. The molecule has 0 amide bonds. The molecule has 0 aromatic heterocycles. The van der Waals surface area contributed by atoms with Gasteiger partial charge in [-0.2, -0.15) is 0 Å². The van der Waals surface area contributed by atoms with Crippen LogP contribution in [0.15, 0.2) is 0 Å². The van der Waals surface area contributed by atoms with Crippen LogP contribution in [-0.2, 0) is 28.6 Å². The van der Waals surface area contributed by atoms with Gasteiger partial charge in [-0.25, -0.2) is 9.59 Å². The summed E-state index contributed by atoms with van der Waals surface area (Å²) in [6.45, 7) is -0.162. The van der Waals surface area contributed by atoms with Gasteiger partial charge in [0, 0.05) is 0 Å². The Kier molecular flexibility index (Phi) is 6.97. The molecule has 7 atom stereocenters. The molecule has 24 heavy (non-hydrogen) atoms. The minimum absolute atomic E-state index is 0.162. The number of carbonyl (C=O) groups excluding carboxylic acids is 1. The SMILES string of the molecule is O=COC1OC(OC(C(O)C(=O)O)C(O)C(=O)O)C(O)C(O)C1O. The van der Waals surface area contributed by atoms with Gasteiger partial charge in [-0.1, -0.05) is 0 Å². The summed E-state index contributed by atoms with van der Waals surface area (Å²) in [6, 6.07) is 0. The van der Waals surface area contributed by atoms with Gasteiger partial charge in [-0.05, 0) is 0 Å². The van der Waals surface area contributed by atoms with Crippen LogP contribution >= 0.6 is 0 Å². The Morgan fingerprint density at radius 1 is 0.917 bits per heavy atom. The minimum atomic E-state index is -2.54. The molecular formula is C11H16O13. The molecule has 0 aromatic carbocycles. The summed E-state index contributed by atoms with van der Waals surface area (Å²) in [5.41, 5.74) is 0. The predicted octanol–water partition coefficient (Wildman–Crippen LogP) is -4.80. The fraction of sp³-hybridized carbons (Fsp3) is 0.727. The molecule has 1 aliphatic heterocycles. The Bertz CT molecular complexity index is 447. The quantitative estimate of drug-likeness (QED) is 0.203. The van der Waals surface area contributed by atoms with E-state index in [4.69, 9.17) is 19.7 Å². The number of aliphatic hydroxyl groups excluding tert-OH is 5. The number of carbonyl (C=O) groups is 3. The molecule has 0 spiro atoms. The maximum Gasteiger partial charge on any atom is 0.335 e. The molecule has 0 saturated carbocycles. The van der Waals surface area contributed by atoms with Crippen molar-refractivity contribution >= 4 is 18.4 Å². The van der Waals surface area contributed by atoms with Crippen molar-refractivity contribution in [2.45, 2.75) is 49.2 Å². The van der Waals surface area contributed by atoms with E-state index in [2.05, 4.69) is 4.74 Å². The Balaban J connectivity index is 2.99. The number of carboxylic acids is 2. The molecule has 0 bridgehead atoms. The molecule has 1 rings (SSSR count). The highest BCUT2D eigenvalue weighted by molar-refractivity contribution is 5.77. The number of rotatable bonds is 8. The summed E-state index contributed by atoms with van der Waals surface area (Å²) in [6.07, 6.45) is -17.2. The first-order valence-electron chi connectivity index (χ1n) is 6.37. The number of aliphatic carboxylic acids is 2. The van der Waals surface area contributed by atoms with Gasteiger partial charge in [0.05, 0.1) is 0 Å². The van der Waals surface area contributed by atoms with Crippen LogP contribution < -0.4 is 0 Å². The molecular weight excluding hydrogens is 340 g/mol. The van der Waals surface area contributed by atoms with Crippen LogP contribution in [0.3, 0.4) is 0 Å². The van der Waals surface area contributed by atoms with Crippen LogP contribution in [0.2, 0.25) is 0 Å². The summed E-state index contributed by atoms with van der Waals surface area (Å²) < 4.78 is 13.8. The standard InChI is InChI=1S/C11H16O13/c12-1-22-10-3(14)2(13)4(15)11(24-10)23-7(5(16)8(18)19)6(17)9(20)21/h1-7,10-11,13-17H,(H,18,19)(H,20,21). The van der Waals surface area contributed by atoms with E-state index < -0.39 is 61.1 Å². The van der Waals surface area contributed by atoms with Crippen molar-refractivity contribution in [2.24, 2.45) is 0 Å². The van der Waals surface area contributed by atoms with Crippen LogP contribution in [0.5, 0.6) is 0 Å². The highest BCUT2D eigenvalue weighted by Crippen LogP contribution is 2.25. The summed E-state index contributed by atoms with van der Waals surface area (Å²) >= 11 is 0. The maximum absolute atomic E-state index is 10.8.